The minimum absolute atomic E-state index is 0.105. The molecule has 576 valence electrons. The monoisotopic (exact) mass is 1420 g/mol. The van der Waals surface area contributed by atoms with Crippen LogP contribution in [0.15, 0.2) is 0 Å². The predicted octanol–water partition coefficient (Wildman–Crippen LogP) is 22.8. The van der Waals surface area contributed by atoms with Crippen LogP contribution in [0.2, 0.25) is 0 Å². The Hall–Kier alpha value is -1.94. The fourth-order valence-corrected chi connectivity index (χ4v) is 13.5. The Labute approximate surface area is 594 Å². The molecule has 0 amide bonds. The number of hydrogen-bond acceptors (Lipinski definition) is 15. The quantitative estimate of drug-likeness (QED) is 0.0222. The van der Waals surface area contributed by atoms with Gasteiger partial charge in [0.25, 0.3) is 0 Å². The van der Waals surface area contributed by atoms with Gasteiger partial charge in [0.2, 0.25) is 0 Å². The Morgan fingerprint density at radius 1 is 0.289 bits per heavy atom. The van der Waals surface area contributed by atoms with Crippen molar-refractivity contribution < 1.29 is 80.2 Å². The molecule has 3 unspecified atom stereocenters. The summed E-state index contributed by atoms with van der Waals surface area (Å²) in [5.74, 6) is 0.962. The highest BCUT2D eigenvalue weighted by Crippen LogP contribution is 2.45. The molecule has 0 aromatic heterocycles. The van der Waals surface area contributed by atoms with Crippen LogP contribution in [0.1, 0.15) is 396 Å². The van der Waals surface area contributed by atoms with E-state index in [4.69, 9.17) is 37.0 Å². The van der Waals surface area contributed by atoms with Gasteiger partial charge >= 0.3 is 39.5 Å². The van der Waals surface area contributed by atoms with E-state index in [0.717, 1.165) is 114 Å². The molecule has 0 aromatic carbocycles. The molecule has 0 radical (unpaired) electrons. The smallest absolute Gasteiger partial charge is 0.462 e. The third-order valence-corrected chi connectivity index (χ3v) is 20.3. The third kappa shape index (κ3) is 70.9. The van der Waals surface area contributed by atoms with Crippen molar-refractivity contribution in [2.75, 3.05) is 39.6 Å². The number of rotatable bonds is 75. The number of carbonyl (C=O) groups is 4. The van der Waals surface area contributed by atoms with Gasteiger partial charge in [-0.05, 0) is 49.4 Å². The highest BCUT2D eigenvalue weighted by Gasteiger charge is 2.30. The van der Waals surface area contributed by atoms with Gasteiger partial charge in [-0.1, -0.05) is 344 Å². The van der Waals surface area contributed by atoms with Crippen LogP contribution in [-0.2, 0) is 65.4 Å². The molecule has 0 fully saturated rings. The number of hydrogen-bond donors (Lipinski definition) is 3. The van der Waals surface area contributed by atoms with Crippen molar-refractivity contribution in [3.63, 3.8) is 0 Å². The number of aliphatic hydroxyl groups excluding tert-OH is 1. The second kappa shape index (κ2) is 67.2. The van der Waals surface area contributed by atoms with Crippen LogP contribution in [0, 0.1) is 23.7 Å². The van der Waals surface area contributed by atoms with Crippen LogP contribution < -0.4 is 0 Å². The second-order valence-corrected chi connectivity index (χ2v) is 32.7. The Bertz CT molecular complexity index is 1900. The molecule has 0 heterocycles. The SMILES string of the molecule is CCC(C)CCCCCCCCCCCCCCCCC(=O)O[C@H](COC(=O)CCCCCCCCCCCCCCCC(C)C)COP(=O)(O)OC[C@@H](O)COP(=O)(O)OC[C@@H](COC(=O)CCCCCCCCC(C)C)OC(=O)CCCCCCCCCCCCCC(C)C. The largest absolute Gasteiger partial charge is 0.472 e. The maximum Gasteiger partial charge on any atom is 0.472 e. The number of carbonyl (C=O) groups excluding carboxylic acids is 4. The molecule has 0 bridgehead atoms. The first-order valence-electron chi connectivity index (χ1n) is 40.2. The van der Waals surface area contributed by atoms with Crippen LogP contribution >= 0.6 is 15.6 Å². The van der Waals surface area contributed by atoms with Crippen molar-refractivity contribution in [3.05, 3.63) is 0 Å². The van der Waals surface area contributed by atoms with Gasteiger partial charge in [-0.2, -0.15) is 0 Å². The van der Waals surface area contributed by atoms with Gasteiger partial charge in [-0.15, -0.1) is 0 Å². The van der Waals surface area contributed by atoms with Crippen molar-refractivity contribution in [3.8, 4) is 0 Å². The Morgan fingerprint density at radius 2 is 0.495 bits per heavy atom. The van der Waals surface area contributed by atoms with Gasteiger partial charge in [0.15, 0.2) is 12.2 Å². The van der Waals surface area contributed by atoms with Crippen LogP contribution in [0.4, 0.5) is 0 Å². The highest BCUT2D eigenvalue weighted by molar-refractivity contribution is 7.47. The van der Waals surface area contributed by atoms with E-state index < -0.39 is 97.5 Å². The van der Waals surface area contributed by atoms with E-state index in [9.17, 15) is 43.2 Å². The normalized spacial score (nSPS) is 14.4. The Morgan fingerprint density at radius 3 is 0.732 bits per heavy atom. The first-order valence-corrected chi connectivity index (χ1v) is 43.2. The number of unbranched alkanes of at least 4 members (excludes halogenated alkanes) is 40. The van der Waals surface area contributed by atoms with Gasteiger partial charge < -0.3 is 33.8 Å². The minimum Gasteiger partial charge on any atom is -0.462 e. The van der Waals surface area contributed by atoms with Crippen LogP contribution in [0.25, 0.3) is 0 Å². The number of esters is 4. The number of aliphatic hydroxyl groups is 1. The summed E-state index contributed by atoms with van der Waals surface area (Å²) in [6.07, 6.45) is 52.8. The van der Waals surface area contributed by atoms with Gasteiger partial charge in [-0.3, -0.25) is 37.3 Å². The van der Waals surface area contributed by atoms with Gasteiger partial charge in [-0.25, -0.2) is 9.13 Å². The van der Waals surface area contributed by atoms with E-state index in [0.29, 0.717) is 31.6 Å². The summed E-state index contributed by atoms with van der Waals surface area (Å²) in [7, 11) is -9.92. The standard InChI is InChI=1S/C78H152O17P2/c1-9-71(8)57-49-41-32-26-20-14-10-11-15-22-28-34-44-52-60-77(82)94-73(64-88-75(80)58-50-42-33-27-21-16-12-13-18-24-30-38-46-54-68(2)3)66-92-96(84,85)90-62-72(79)63-91-97(86,87)93-67-74(65-89-76(81)59-51-43-37-36-40-48-56-70(6)7)95-78(83)61-53-45-35-29-23-17-19-25-31-39-47-55-69(4)5/h68-74,79H,9-67H2,1-8H3,(H,84,85)(H,86,87)/t71?,72-,73-,74-/m1/s1. The average molecular weight is 1420 g/mol. The molecule has 0 aliphatic rings. The molecule has 3 N–H and O–H groups in total. The zero-order valence-corrected chi connectivity index (χ0v) is 65.5. The highest BCUT2D eigenvalue weighted by atomic mass is 31.2. The lowest BCUT2D eigenvalue weighted by atomic mass is 9.99. The molecule has 0 saturated carbocycles. The van der Waals surface area contributed by atoms with E-state index in [-0.39, 0.29) is 25.7 Å². The minimum atomic E-state index is -4.96. The maximum atomic E-state index is 13.1. The lowest BCUT2D eigenvalue weighted by Gasteiger charge is -2.21. The molecule has 17 nitrogen and oxygen atoms in total. The van der Waals surface area contributed by atoms with Gasteiger partial charge in [0, 0.05) is 25.7 Å². The molecule has 0 aromatic rings. The summed E-state index contributed by atoms with van der Waals surface area (Å²) < 4.78 is 68.6. The van der Waals surface area contributed by atoms with Crippen molar-refractivity contribution >= 4 is 39.5 Å². The molecule has 0 spiro atoms. The molecule has 19 heteroatoms. The molecule has 6 atom stereocenters. The van der Waals surface area contributed by atoms with Gasteiger partial charge in [0.05, 0.1) is 26.4 Å². The third-order valence-electron chi connectivity index (χ3n) is 18.4. The summed E-state index contributed by atoms with van der Waals surface area (Å²) in [4.78, 5) is 72.9. The first kappa shape index (κ1) is 95.1. The predicted molar refractivity (Wildman–Crippen MR) is 395 cm³/mol. The fourth-order valence-electron chi connectivity index (χ4n) is 11.9. The van der Waals surface area contributed by atoms with E-state index in [1.165, 1.54) is 193 Å². The van der Waals surface area contributed by atoms with Gasteiger partial charge in [0.1, 0.15) is 19.3 Å². The molecule has 0 saturated heterocycles. The summed E-state index contributed by atoms with van der Waals surface area (Å²) in [5, 5.41) is 10.6. The Kier molecular flexibility index (Phi) is 65.9. The van der Waals surface area contributed by atoms with E-state index in [2.05, 4.69) is 55.4 Å². The van der Waals surface area contributed by atoms with Crippen molar-refractivity contribution in [2.45, 2.75) is 414 Å². The summed E-state index contributed by atoms with van der Waals surface area (Å²) in [6.45, 7) is 14.2. The molecule has 97 heavy (non-hydrogen) atoms. The molecule has 0 rings (SSSR count). The van der Waals surface area contributed by atoms with Crippen LogP contribution in [0.3, 0.4) is 0 Å². The fraction of sp³-hybridized carbons (Fsp3) is 0.949. The van der Waals surface area contributed by atoms with Crippen LogP contribution in [0.5, 0.6) is 0 Å². The zero-order valence-electron chi connectivity index (χ0n) is 63.7. The summed E-state index contributed by atoms with van der Waals surface area (Å²) in [6, 6.07) is 0. The molecule has 0 aliphatic carbocycles. The average Bonchev–Trinajstić information content (AvgIpc) is 1.63. The van der Waals surface area contributed by atoms with Crippen LogP contribution in [-0.4, -0.2) is 96.7 Å². The molecular formula is C78H152O17P2. The van der Waals surface area contributed by atoms with Crippen molar-refractivity contribution in [1.29, 1.82) is 0 Å². The maximum absolute atomic E-state index is 13.1. The van der Waals surface area contributed by atoms with Crippen molar-refractivity contribution in [1.82, 2.24) is 0 Å². The zero-order chi connectivity index (χ0) is 71.7. The van der Waals surface area contributed by atoms with E-state index in [1.54, 1.807) is 0 Å². The first-order chi connectivity index (χ1) is 46.6. The molecule has 0 aliphatic heterocycles. The van der Waals surface area contributed by atoms with E-state index >= 15 is 0 Å². The number of ether oxygens (including phenoxy) is 4. The van der Waals surface area contributed by atoms with E-state index in [1.807, 2.05) is 0 Å². The summed E-state index contributed by atoms with van der Waals surface area (Å²) >= 11 is 0. The number of phosphoric acid groups is 2. The van der Waals surface area contributed by atoms with Crippen molar-refractivity contribution in [2.24, 2.45) is 23.7 Å². The second-order valence-electron chi connectivity index (χ2n) is 29.8. The molecular weight excluding hydrogens is 1270 g/mol. The summed E-state index contributed by atoms with van der Waals surface area (Å²) in [5.41, 5.74) is 0. The lowest BCUT2D eigenvalue weighted by Crippen LogP contribution is -2.30. The lowest BCUT2D eigenvalue weighted by molar-refractivity contribution is -0.161. The topological polar surface area (TPSA) is 237 Å². The Balaban J connectivity index is 5.24. The number of phosphoric ester groups is 2.